The summed E-state index contributed by atoms with van der Waals surface area (Å²) in [7, 11) is 0. The van der Waals surface area contributed by atoms with Crippen molar-refractivity contribution in [3.05, 3.63) is 81.1 Å². The van der Waals surface area contributed by atoms with E-state index >= 15 is 0 Å². The molecule has 8 heteroatoms. The molecule has 3 aromatic rings. The number of amides is 1. The molecule has 0 fully saturated rings. The highest BCUT2D eigenvalue weighted by Gasteiger charge is 2.13. The van der Waals surface area contributed by atoms with Crippen molar-refractivity contribution in [3.63, 3.8) is 0 Å². The van der Waals surface area contributed by atoms with E-state index in [-0.39, 0.29) is 11.3 Å². The summed E-state index contributed by atoms with van der Waals surface area (Å²) >= 11 is 12.3. The van der Waals surface area contributed by atoms with Crippen LogP contribution in [0.15, 0.2) is 53.6 Å². The summed E-state index contributed by atoms with van der Waals surface area (Å²) in [6, 6.07) is 13.6. The summed E-state index contributed by atoms with van der Waals surface area (Å²) in [6.45, 7) is 2.28. The summed E-state index contributed by atoms with van der Waals surface area (Å²) in [4.78, 5) is 12.0. The fourth-order valence-electron chi connectivity index (χ4n) is 2.46. The van der Waals surface area contributed by atoms with Crippen LogP contribution in [-0.4, -0.2) is 27.0 Å². The number of rotatable bonds is 5. The number of halogens is 2. The van der Waals surface area contributed by atoms with Gasteiger partial charge in [-0.1, -0.05) is 47.5 Å². The number of nitrogens with zero attached hydrogens (tertiary/aromatic N) is 3. The number of phenols is 1. The zero-order chi connectivity index (χ0) is 19.4. The van der Waals surface area contributed by atoms with Crippen LogP contribution in [-0.2, 0) is 6.54 Å². The van der Waals surface area contributed by atoms with Gasteiger partial charge in [-0.15, -0.1) is 0 Å². The number of para-hydroxylation sites is 1. The molecule has 0 aliphatic rings. The Kier molecular flexibility index (Phi) is 5.78. The summed E-state index contributed by atoms with van der Waals surface area (Å²) in [6.07, 6.45) is 1.43. The van der Waals surface area contributed by atoms with E-state index in [1.807, 2.05) is 12.1 Å². The first-order chi connectivity index (χ1) is 13.0. The highest BCUT2D eigenvalue weighted by Crippen LogP contribution is 2.20. The molecule has 138 valence electrons. The molecule has 0 saturated carbocycles. The molecule has 2 N–H and O–H groups in total. The summed E-state index contributed by atoms with van der Waals surface area (Å²) in [5.41, 5.74) is 4.78. The van der Waals surface area contributed by atoms with Gasteiger partial charge in [-0.25, -0.2) is 10.1 Å². The van der Waals surface area contributed by atoms with Crippen molar-refractivity contribution in [1.82, 2.24) is 15.2 Å². The van der Waals surface area contributed by atoms with E-state index in [0.717, 1.165) is 5.56 Å². The zero-order valence-electron chi connectivity index (χ0n) is 14.4. The Bertz CT molecular complexity index is 997. The second-order valence-electron chi connectivity index (χ2n) is 5.79. The predicted molar refractivity (Wildman–Crippen MR) is 106 cm³/mol. The number of carbonyl (C=O) groups is 1. The fraction of sp³-hybridized carbons (Fsp3) is 0.105. The van der Waals surface area contributed by atoms with Crippen LogP contribution in [0, 0.1) is 6.92 Å². The van der Waals surface area contributed by atoms with Gasteiger partial charge in [-0.3, -0.25) is 4.79 Å². The number of hydrazone groups is 1. The Morgan fingerprint density at radius 3 is 2.63 bits per heavy atom. The van der Waals surface area contributed by atoms with Crippen molar-refractivity contribution < 1.29 is 9.90 Å². The van der Waals surface area contributed by atoms with Crippen LogP contribution in [0.1, 0.15) is 27.2 Å². The molecule has 3 rings (SSSR count). The number of nitrogens with one attached hydrogen (secondary N) is 1. The predicted octanol–water partition coefficient (Wildman–Crippen LogP) is 4.02. The smallest absolute Gasteiger partial charge is 0.275 e. The largest absolute Gasteiger partial charge is 0.507 e. The molecule has 0 aliphatic carbocycles. The number of aromatic hydroxyl groups is 1. The lowest BCUT2D eigenvalue weighted by atomic mass is 10.2. The van der Waals surface area contributed by atoms with Crippen molar-refractivity contribution in [2.75, 3.05) is 0 Å². The molecule has 27 heavy (non-hydrogen) atoms. The third kappa shape index (κ3) is 4.48. The molecule has 0 aliphatic heterocycles. The second-order valence-corrected chi connectivity index (χ2v) is 6.58. The van der Waals surface area contributed by atoms with Gasteiger partial charge in [0, 0.05) is 5.02 Å². The lowest BCUT2D eigenvalue weighted by molar-refractivity contribution is 0.0952. The quantitative estimate of drug-likeness (QED) is 0.499. The average Bonchev–Trinajstić information content (AvgIpc) is 2.91. The van der Waals surface area contributed by atoms with E-state index in [0.29, 0.717) is 28.0 Å². The van der Waals surface area contributed by atoms with Crippen LogP contribution < -0.4 is 5.43 Å². The minimum atomic E-state index is -0.522. The molecule has 1 heterocycles. The molecular formula is C19H16Cl2N4O2. The minimum Gasteiger partial charge on any atom is -0.507 e. The number of benzene rings is 2. The van der Waals surface area contributed by atoms with Crippen molar-refractivity contribution in [2.45, 2.75) is 13.5 Å². The number of hydrogen-bond donors (Lipinski definition) is 2. The monoisotopic (exact) mass is 402 g/mol. The van der Waals surface area contributed by atoms with Crippen molar-refractivity contribution >= 4 is 35.3 Å². The van der Waals surface area contributed by atoms with Crippen LogP contribution in [0.5, 0.6) is 5.75 Å². The molecule has 6 nitrogen and oxygen atoms in total. The van der Waals surface area contributed by atoms with E-state index in [4.69, 9.17) is 23.2 Å². The Hall–Kier alpha value is -2.83. The fourth-order valence-corrected chi connectivity index (χ4v) is 2.87. The van der Waals surface area contributed by atoms with Crippen molar-refractivity contribution in [3.8, 4) is 5.75 Å². The number of hydrogen-bond acceptors (Lipinski definition) is 4. The molecule has 1 amide bonds. The van der Waals surface area contributed by atoms with E-state index in [1.165, 1.54) is 18.3 Å². The molecule has 0 radical (unpaired) electrons. The highest BCUT2D eigenvalue weighted by molar-refractivity contribution is 6.32. The third-order valence-corrected chi connectivity index (χ3v) is 4.51. The summed E-state index contributed by atoms with van der Waals surface area (Å²) in [5, 5.41) is 19.1. The third-order valence-electron chi connectivity index (χ3n) is 3.86. The van der Waals surface area contributed by atoms with Gasteiger partial charge in [0.25, 0.3) is 5.91 Å². The molecule has 0 atom stereocenters. The van der Waals surface area contributed by atoms with Gasteiger partial charge in [0.1, 0.15) is 10.9 Å². The lowest BCUT2D eigenvalue weighted by Gasteiger charge is -2.04. The van der Waals surface area contributed by atoms with Gasteiger partial charge >= 0.3 is 0 Å². The number of carbonyl (C=O) groups excluding carboxylic acids is 1. The van der Waals surface area contributed by atoms with E-state index in [1.54, 1.807) is 35.9 Å². The first kappa shape index (κ1) is 18.9. The van der Waals surface area contributed by atoms with Gasteiger partial charge in [-0.2, -0.15) is 10.2 Å². The van der Waals surface area contributed by atoms with Crippen LogP contribution >= 0.6 is 23.2 Å². The molecular weight excluding hydrogens is 387 g/mol. The van der Waals surface area contributed by atoms with Gasteiger partial charge in [0.2, 0.25) is 0 Å². The summed E-state index contributed by atoms with van der Waals surface area (Å²) in [5.74, 6) is -0.637. The Labute approximate surface area is 166 Å². The number of aromatic nitrogens is 2. The van der Waals surface area contributed by atoms with Crippen LogP contribution in [0.2, 0.25) is 10.2 Å². The van der Waals surface area contributed by atoms with Crippen LogP contribution in [0.4, 0.5) is 0 Å². The SMILES string of the molecule is Cc1nn(Cc2ccc(Cl)cc2)c(Cl)c1/C=N\NC(=O)c1ccccc1O. The maximum atomic E-state index is 12.0. The number of aryl methyl sites for hydroxylation is 1. The van der Waals surface area contributed by atoms with Crippen LogP contribution in [0.25, 0.3) is 0 Å². The Morgan fingerprint density at radius 2 is 1.93 bits per heavy atom. The van der Waals surface area contributed by atoms with Gasteiger partial charge in [0.05, 0.1) is 29.6 Å². The molecule has 0 saturated heterocycles. The Balaban J connectivity index is 1.72. The minimum absolute atomic E-state index is 0.116. The average molecular weight is 403 g/mol. The van der Waals surface area contributed by atoms with Crippen molar-refractivity contribution in [1.29, 1.82) is 0 Å². The van der Waals surface area contributed by atoms with Gasteiger partial charge in [0.15, 0.2) is 0 Å². The van der Waals surface area contributed by atoms with E-state index < -0.39 is 5.91 Å². The zero-order valence-corrected chi connectivity index (χ0v) is 15.9. The first-order valence-corrected chi connectivity index (χ1v) is 8.80. The maximum Gasteiger partial charge on any atom is 0.275 e. The maximum absolute atomic E-state index is 12.0. The molecule has 0 unspecified atom stereocenters. The van der Waals surface area contributed by atoms with Gasteiger partial charge < -0.3 is 5.11 Å². The molecule has 2 aromatic carbocycles. The lowest BCUT2D eigenvalue weighted by Crippen LogP contribution is -2.17. The second kappa shape index (κ2) is 8.24. The van der Waals surface area contributed by atoms with Crippen molar-refractivity contribution in [2.24, 2.45) is 5.10 Å². The van der Waals surface area contributed by atoms with E-state index in [2.05, 4.69) is 15.6 Å². The molecule has 0 spiro atoms. The first-order valence-electron chi connectivity index (χ1n) is 8.04. The van der Waals surface area contributed by atoms with E-state index in [9.17, 15) is 9.90 Å². The highest BCUT2D eigenvalue weighted by atomic mass is 35.5. The Morgan fingerprint density at radius 1 is 1.22 bits per heavy atom. The number of phenolic OH excluding ortho intramolecular Hbond substituents is 1. The van der Waals surface area contributed by atoms with Gasteiger partial charge in [-0.05, 0) is 36.8 Å². The van der Waals surface area contributed by atoms with Crippen LogP contribution in [0.3, 0.4) is 0 Å². The summed E-state index contributed by atoms with van der Waals surface area (Å²) < 4.78 is 1.65. The topological polar surface area (TPSA) is 79.5 Å². The molecule has 1 aromatic heterocycles. The standard InChI is InChI=1S/C19H16Cl2N4O2/c1-12-16(10-22-23-19(27)15-4-2-3-5-17(15)26)18(21)25(24-12)11-13-6-8-14(20)9-7-13/h2-10,26H,11H2,1H3,(H,23,27)/b22-10-. The molecule has 0 bridgehead atoms. The normalized spacial score (nSPS) is 11.1.